The number of nitrogens with one attached hydrogen (secondary N) is 1. The standard InChI is InChI=1S/C57H34N4OS/c1-2-10-35(11-3-1)55-59-56(36-20-18-34(19-21-36)37-24-27-54-48(33-37)45-14-6-9-17-53(45)63-54)61-57(60-55)42-29-40(38-22-25-50-46(31-38)43-12-4-7-15-49(43)58-50)28-41(30-42)39-23-26-52-47(32-39)44-13-5-8-16-51(44)62-52/h1-33,58H. The van der Waals surface area contributed by atoms with Gasteiger partial charge in [0, 0.05) is 69.4 Å². The molecule has 1 N–H and O–H groups in total. The van der Waals surface area contributed by atoms with Crippen molar-refractivity contribution in [3.05, 3.63) is 200 Å². The second-order valence-corrected chi connectivity index (χ2v) is 17.2. The van der Waals surface area contributed by atoms with E-state index in [1.165, 1.54) is 36.5 Å². The minimum absolute atomic E-state index is 0.601. The molecule has 4 heterocycles. The summed E-state index contributed by atoms with van der Waals surface area (Å²) < 4.78 is 8.84. The molecule has 0 fully saturated rings. The van der Waals surface area contributed by atoms with E-state index in [0.717, 1.165) is 77.5 Å². The molecule has 9 aromatic carbocycles. The van der Waals surface area contributed by atoms with Gasteiger partial charge in [-0.15, -0.1) is 11.3 Å². The van der Waals surface area contributed by atoms with Crippen molar-refractivity contribution in [2.45, 2.75) is 0 Å². The zero-order chi connectivity index (χ0) is 41.4. The Morgan fingerprint density at radius 2 is 0.810 bits per heavy atom. The number of nitrogens with zero attached hydrogens (tertiary/aromatic N) is 3. The highest BCUT2D eigenvalue weighted by molar-refractivity contribution is 7.25. The molecule has 0 saturated carbocycles. The van der Waals surface area contributed by atoms with E-state index in [2.05, 4.69) is 175 Å². The summed E-state index contributed by atoms with van der Waals surface area (Å²) in [6.07, 6.45) is 0. The molecule has 0 aliphatic rings. The van der Waals surface area contributed by atoms with Gasteiger partial charge in [-0.3, -0.25) is 0 Å². The number of fused-ring (bicyclic) bond motifs is 9. The third-order valence-corrected chi connectivity index (χ3v) is 13.4. The van der Waals surface area contributed by atoms with Gasteiger partial charge in [0.1, 0.15) is 11.2 Å². The number of thiophene rings is 1. The lowest BCUT2D eigenvalue weighted by Gasteiger charge is -2.13. The van der Waals surface area contributed by atoms with Crippen LogP contribution >= 0.6 is 11.3 Å². The van der Waals surface area contributed by atoms with Gasteiger partial charge in [0.05, 0.1) is 0 Å². The third-order valence-electron chi connectivity index (χ3n) is 12.3. The first-order chi connectivity index (χ1) is 31.1. The van der Waals surface area contributed by atoms with Gasteiger partial charge in [-0.1, -0.05) is 127 Å². The molecule has 0 saturated heterocycles. The van der Waals surface area contributed by atoms with Crippen LogP contribution in [-0.4, -0.2) is 19.9 Å². The lowest BCUT2D eigenvalue weighted by Crippen LogP contribution is -2.00. The number of para-hydroxylation sites is 2. The molecule has 0 spiro atoms. The Labute approximate surface area is 365 Å². The van der Waals surface area contributed by atoms with Crippen LogP contribution in [0.15, 0.2) is 205 Å². The molecule has 0 aliphatic carbocycles. The van der Waals surface area contributed by atoms with Crippen LogP contribution in [0.1, 0.15) is 0 Å². The molecule has 5 nitrogen and oxygen atoms in total. The molecule has 0 bridgehead atoms. The fourth-order valence-electron chi connectivity index (χ4n) is 9.09. The van der Waals surface area contributed by atoms with Crippen LogP contribution in [0.3, 0.4) is 0 Å². The van der Waals surface area contributed by atoms with Crippen molar-refractivity contribution in [3.63, 3.8) is 0 Å². The monoisotopic (exact) mass is 822 g/mol. The van der Waals surface area contributed by atoms with E-state index in [1.807, 2.05) is 41.7 Å². The first-order valence-corrected chi connectivity index (χ1v) is 21.9. The van der Waals surface area contributed by atoms with Crippen molar-refractivity contribution in [2.75, 3.05) is 0 Å². The van der Waals surface area contributed by atoms with Crippen molar-refractivity contribution < 1.29 is 4.42 Å². The van der Waals surface area contributed by atoms with Gasteiger partial charge in [-0.25, -0.2) is 15.0 Å². The number of furan rings is 1. The van der Waals surface area contributed by atoms with Crippen molar-refractivity contribution >= 4 is 75.3 Å². The highest BCUT2D eigenvalue weighted by Gasteiger charge is 2.17. The average molecular weight is 823 g/mol. The van der Waals surface area contributed by atoms with E-state index in [1.54, 1.807) is 0 Å². The van der Waals surface area contributed by atoms with Gasteiger partial charge in [0.15, 0.2) is 17.5 Å². The zero-order valence-corrected chi connectivity index (χ0v) is 34.5. The Kier molecular flexibility index (Phi) is 8.01. The second kappa shape index (κ2) is 14.2. The Morgan fingerprint density at radius 1 is 0.302 bits per heavy atom. The number of aromatic nitrogens is 4. The first-order valence-electron chi connectivity index (χ1n) is 21.1. The Hall–Kier alpha value is -8.19. The largest absolute Gasteiger partial charge is 0.456 e. The van der Waals surface area contributed by atoms with Crippen LogP contribution in [0.4, 0.5) is 0 Å². The topological polar surface area (TPSA) is 67.6 Å². The number of hydrogen-bond acceptors (Lipinski definition) is 5. The maximum Gasteiger partial charge on any atom is 0.164 e. The summed E-state index contributed by atoms with van der Waals surface area (Å²) in [4.78, 5) is 19.2. The second-order valence-electron chi connectivity index (χ2n) is 16.1. The van der Waals surface area contributed by atoms with E-state index >= 15 is 0 Å². The molecule has 0 radical (unpaired) electrons. The minimum Gasteiger partial charge on any atom is -0.456 e. The summed E-state index contributed by atoms with van der Waals surface area (Å²) in [6.45, 7) is 0. The predicted octanol–water partition coefficient (Wildman–Crippen LogP) is 15.8. The number of hydrogen-bond donors (Lipinski definition) is 1. The van der Waals surface area contributed by atoms with Crippen molar-refractivity contribution in [1.29, 1.82) is 0 Å². The summed E-state index contributed by atoms with van der Waals surface area (Å²) in [6, 6.07) is 70.7. The van der Waals surface area contributed by atoms with Crippen molar-refractivity contribution in [2.24, 2.45) is 0 Å². The number of benzene rings is 9. The fraction of sp³-hybridized carbons (Fsp3) is 0. The average Bonchev–Trinajstić information content (AvgIpc) is 4.04. The van der Waals surface area contributed by atoms with E-state index in [-0.39, 0.29) is 0 Å². The lowest BCUT2D eigenvalue weighted by atomic mass is 9.94. The molecule has 0 aliphatic heterocycles. The summed E-state index contributed by atoms with van der Waals surface area (Å²) >= 11 is 1.84. The number of rotatable bonds is 6. The molecule has 294 valence electrons. The lowest BCUT2D eigenvalue weighted by molar-refractivity contribution is 0.669. The Bertz CT molecular complexity index is 3790. The molecular formula is C57H34N4OS. The molecule has 6 heteroatoms. The van der Waals surface area contributed by atoms with E-state index in [4.69, 9.17) is 19.4 Å². The van der Waals surface area contributed by atoms with E-state index in [0.29, 0.717) is 17.5 Å². The summed E-state index contributed by atoms with van der Waals surface area (Å²) in [5.41, 5.74) is 13.3. The van der Waals surface area contributed by atoms with Gasteiger partial charge in [-0.2, -0.15) is 0 Å². The van der Waals surface area contributed by atoms with Gasteiger partial charge in [0.2, 0.25) is 0 Å². The van der Waals surface area contributed by atoms with Gasteiger partial charge < -0.3 is 9.40 Å². The fourth-order valence-corrected chi connectivity index (χ4v) is 10.2. The van der Waals surface area contributed by atoms with Gasteiger partial charge in [0.25, 0.3) is 0 Å². The molecule has 0 amide bonds. The minimum atomic E-state index is 0.601. The predicted molar refractivity (Wildman–Crippen MR) is 262 cm³/mol. The summed E-state index contributed by atoms with van der Waals surface area (Å²) in [5, 5.41) is 7.13. The Balaban J connectivity index is 0.974. The number of aromatic amines is 1. The maximum absolute atomic E-state index is 6.24. The smallest absolute Gasteiger partial charge is 0.164 e. The van der Waals surface area contributed by atoms with E-state index in [9.17, 15) is 0 Å². The van der Waals surface area contributed by atoms with Gasteiger partial charge >= 0.3 is 0 Å². The molecule has 13 aromatic rings. The van der Waals surface area contributed by atoms with Crippen LogP contribution in [0, 0.1) is 0 Å². The SMILES string of the molecule is c1ccc(-c2nc(-c3ccc(-c4ccc5sc6ccccc6c5c4)cc3)nc(-c3cc(-c4ccc5[nH]c6ccccc6c5c4)cc(-c4ccc5oc6ccccc6c5c4)c3)n2)cc1. The zero-order valence-electron chi connectivity index (χ0n) is 33.7. The molecule has 4 aromatic heterocycles. The van der Waals surface area contributed by atoms with Gasteiger partial charge in [-0.05, 0) is 106 Å². The third kappa shape index (κ3) is 6.11. The Morgan fingerprint density at radius 3 is 1.62 bits per heavy atom. The quantitative estimate of drug-likeness (QED) is 0.181. The molecule has 63 heavy (non-hydrogen) atoms. The van der Waals surface area contributed by atoms with Crippen molar-refractivity contribution in [3.8, 4) is 67.5 Å². The van der Waals surface area contributed by atoms with E-state index < -0.39 is 0 Å². The summed E-state index contributed by atoms with van der Waals surface area (Å²) in [5.74, 6) is 1.83. The molecule has 0 atom stereocenters. The highest BCUT2D eigenvalue weighted by atomic mass is 32.1. The van der Waals surface area contributed by atoms with Crippen LogP contribution in [0.5, 0.6) is 0 Å². The van der Waals surface area contributed by atoms with Crippen LogP contribution in [0.25, 0.3) is 131 Å². The van der Waals surface area contributed by atoms with Crippen LogP contribution in [-0.2, 0) is 0 Å². The van der Waals surface area contributed by atoms with Crippen LogP contribution < -0.4 is 0 Å². The van der Waals surface area contributed by atoms with Crippen molar-refractivity contribution in [1.82, 2.24) is 19.9 Å². The molecule has 0 unspecified atom stereocenters. The number of H-pyrrole nitrogens is 1. The van der Waals surface area contributed by atoms with Crippen LogP contribution in [0.2, 0.25) is 0 Å². The maximum atomic E-state index is 6.24. The highest BCUT2D eigenvalue weighted by Crippen LogP contribution is 2.40. The first kappa shape index (κ1) is 35.6. The molecular weight excluding hydrogens is 789 g/mol. The normalized spacial score (nSPS) is 11.8. The molecule has 13 rings (SSSR count). The summed E-state index contributed by atoms with van der Waals surface area (Å²) in [7, 11) is 0.